The number of nitrogens with two attached hydrogens (primary N) is 3. The minimum Gasteiger partial charge on any atom is -0.369 e. The van der Waals surface area contributed by atoms with Crippen molar-refractivity contribution in [1.82, 2.24) is 10.3 Å². The minimum absolute atomic E-state index is 0.141. The first-order valence-corrected chi connectivity index (χ1v) is 4.99. The first kappa shape index (κ1) is 15.3. The molecule has 0 aliphatic rings. The summed E-state index contributed by atoms with van der Waals surface area (Å²) < 4.78 is 0. The number of carbonyl (C=O) groups excluding carboxylic acids is 3. The maximum atomic E-state index is 11.4. The summed E-state index contributed by atoms with van der Waals surface area (Å²) in [6, 6.07) is 0. The maximum Gasteiger partial charge on any atom is 0.240 e. The largest absolute Gasteiger partial charge is 0.369 e. The quantitative estimate of drug-likeness (QED) is 0.219. The van der Waals surface area contributed by atoms with Gasteiger partial charge in [-0.05, 0) is 13.8 Å². The van der Waals surface area contributed by atoms with Gasteiger partial charge < -0.3 is 11.5 Å². The molecular formula is C9H19N5O3. The number of rotatable bonds is 7. The molecule has 0 saturated carbocycles. The van der Waals surface area contributed by atoms with Gasteiger partial charge in [-0.2, -0.15) is 0 Å². The number of hydrazine groups is 1. The zero-order chi connectivity index (χ0) is 13.6. The second kappa shape index (κ2) is 6.16. The molecular weight excluding hydrogens is 226 g/mol. The van der Waals surface area contributed by atoms with Crippen LogP contribution in [0, 0.1) is 5.41 Å². The summed E-state index contributed by atoms with van der Waals surface area (Å²) in [5.41, 5.74) is 11.2. The van der Waals surface area contributed by atoms with Crippen LogP contribution in [0.15, 0.2) is 0 Å². The maximum absolute atomic E-state index is 11.4. The highest BCUT2D eigenvalue weighted by Gasteiger charge is 2.30. The lowest BCUT2D eigenvalue weighted by Crippen LogP contribution is -2.50. The Bertz CT molecular complexity index is 300. The Morgan fingerprint density at radius 3 is 1.82 bits per heavy atom. The van der Waals surface area contributed by atoms with E-state index >= 15 is 0 Å². The third-order valence-electron chi connectivity index (χ3n) is 2.12. The molecule has 0 atom stereocenters. The van der Waals surface area contributed by atoms with Crippen molar-refractivity contribution in [3.8, 4) is 0 Å². The Morgan fingerprint density at radius 2 is 1.53 bits per heavy atom. The van der Waals surface area contributed by atoms with Crippen LogP contribution in [0.3, 0.4) is 0 Å². The molecule has 0 rings (SSSR count). The monoisotopic (exact) mass is 245 g/mol. The molecule has 17 heavy (non-hydrogen) atoms. The van der Waals surface area contributed by atoms with Crippen molar-refractivity contribution in [2.75, 3.05) is 19.6 Å². The van der Waals surface area contributed by atoms with Crippen LogP contribution in [0.25, 0.3) is 0 Å². The molecule has 0 aliphatic carbocycles. The first-order valence-electron chi connectivity index (χ1n) is 4.99. The topological polar surface area (TPSA) is 145 Å². The molecule has 0 bridgehead atoms. The van der Waals surface area contributed by atoms with Gasteiger partial charge in [0.15, 0.2) is 0 Å². The van der Waals surface area contributed by atoms with Gasteiger partial charge in [0.2, 0.25) is 17.7 Å². The van der Waals surface area contributed by atoms with E-state index in [1.54, 1.807) is 13.8 Å². The summed E-state index contributed by atoms with van der Waals surface area (Å²) in [5, 5.41) is 0. The Kier molecular flexibility index (Phi) is 5.56. The molecule has 0 heterocycles. The van der Waals surface area contributed by atoms with Crippen LogP contribution < -0.4 is 22.7 Å². The highest BCUT2D eigenvalue weighted by atomic mass is 16.2. The highest BCUT2D eigenvalue weighted by molar-refractivity contribution is 5.82. The summed E-state index contributed by atoms with van der Waals surface area (Å²) in [7, 11) is 0. The van der Waals surface area contributed by atoms with Gasteiger partial charge in [0, 0.05) is 6.54 Å². The van der Waals surface area contributed by atoms with Crippen molar-refractivity contribution >= 4 is 17.7 Å². The van der Waals surface area contributed by atoms with Gasteiger partial charge in [-0.15, -0.1) is 0 Å². The molecule has 8 nitrogen and oxygen atoms in total. The number of hydrogen-bond acceptors (Lipinski definition) is 5. The van der Waals surface area contributed by atoms with Crippen molar-refractivity contribution in [3.63, 3.8) is 0 Å². The molecule has 0 radical (unpaired) electrons. The van der Waals surface area contributed by atoms with Crippen molar-refractivity contribution in [3.05, 3.63) is 0 Å². The zero-order valence-electron chi connectivity index (χ0n) is 10.0. The number of nitrogens with one attached hydrogen (secondary N) is 1. The van der Waals surface area contributed by atoms with Gasteiger partial charge in [-0.1, -0.05) is 0 Å². The van der Waals surface area contributed by atoms with E-state index < -0.39 is 23.1 Å². The van der Waals surface area contributed by atoms with Crippen molar-refractivity contribution < 1.29 is 14.4 Å². The van der Waals surface area contributed by atoms with Crippen molar-refractivity contribution in [2.24, 2.45) is 22.7 Å². The van der Waals surface area contributed by atoms with Gasteiger partial charge in [0.25, 0.3) is 0 Å². The summed E-state index contributed by atoms with van der Waals surface area (Å²) >= 11 is 0. The summed E-state index contributed by atoms with van der Waals surface area (Å²) in [4.78, 5) is 34.5. The Hall–Kier alpha value is -1.67. The van der Waals surface area contributed by atoms with E-state index in [4.69, 9.17) is 17.3 Å². The van der Waals surface area contributed by atoms with Crippen LogP contribution in [0.1, 0.15) is 13.8 Å². The summed E-state index contributed by atoms with van der Waals surface area (Å²) in [6.45, 7) is 3.10. The molecule has 0 unspecified atom stereocenters. The van der Waals surface area contributed by atoms with Crippen molar-refractivity contribution in [2.45, 2.75) is 13.8 Å². The standard InChI is InChI=1S/C9H19N5O3/c1-9(2,8(17)13-12)5-14(3-6(10)15)4-7(11)16/h3-5,12H2,1-2H3,(H2,10,15)(H2,11,16)(H,13,17). The zero-order valence-corrected chi connectivity index (χ0v) is 10.0. The highest BCUT2D eigenvalue weighted by Crippen LogP contribution is 2.16. The molecule has 3 amide bonds. The molecule has 7 N–H and O–H groups in total. The number of primary amides is 2. The van der Waals surface area contributed by atoms with Crippen LogP contribution in [-0.2, 0) is 14.4 Å². The first-order chi connectivity index (χ1) is 7.69. The second-order valence-corrected chi connectivity index (χ2v) is 4.44. The number of nitrogens with zero attached hydrogens (tertiary/aromatic N) is 1. The number of carbonyl (C=O) groups is 3. The summed E-state index contributed by atoms with van der Waals surface area (Å²) in [6.07, 6.45) is 0. The third-order valence-corrected chi connectivity index (χ3v) is 2.12. The van der Waals surface area contributed by atoms with Gasteiger partial charge >= 0.3 is 0 Å². The fourth-order valence-corrected chi connectivity index (χ4v) is 1.43. The van der Waals surface area contributed by atoms with E-state index in [0.29, 0.717) is 0 Å². The van der Waals surface area contributed by atoms with Crippen LogP contribution in [0.5, 0.6) is 0 Å². The van der Waals surface area contributed by atoms with E-state index in [0.717, 1.165) is 0 Å². The van der Waals surface area contributed by atoms with Gasteiger partial charge in [-0.25, -0.2) is 5.84 Å². The predicted molar refractivity (Wildman–Crippen MR) is 60.9 cm³/mol. The van der Waals surface area contributed by atoms with Gasteiger partial charge in [0.05, 0.1) is 18.5 Å². The summed E-state index contributed by atoms with van der Waals surface area (Å²) in [5.74, 6) is 3.43. The predicted octanol–water partition coefficient (Wildman–Crippen LogP) is -2.72. The lowest BCUT2D eigenvalue weighted by atomic mass is 9.91. The van der Waals surface area contributed by atoms with E-state index in [2.05, 4.69) is 0 Å². The van der Waals surface area contributed by atoms with E-state index in [1.165, 1.54) is 4.90 Å². The van der Waals surface area contributed by atoms with E-state index in [9.17, 15) is 14.4 Å². The Labute approximate surface area is 99.4 Å². The molecule has 0 fully saturated rings. The second-order valence-electron chi connectivity index (χ2n) is 4.44. The van der Waals surface area contributed by atoms with Crippen LogP contribution in [-0.4, -0.2) is 42.3 Å². The third kappa shape index (κ3) is 5.83. The molecule has 0 saturated heterocycles. The fraction of sp³-hybridized carbons (Fsp3) is 0.667. The van der Waals surface area contributed by atoms with Crippen molar-refractivity contribution in [1.29, 1.82) is 0 Å². The Morgan fingerprint density at radius 1 is 1.12 bits per heavy atom. The lowest BCUT2D eigenvalue weighted by molar-refractivity contribution is -0.132. The van der Waals surface area contributed by atoms with Gasteiger partial charge in [0.1, 0.15) is 0 Å². The van der Waals surface area contributed by atoms with Crippen LogP contribution in [0.4, 0.5) is 0 Å². The smallest absolute Gasteiger partial charge is 0.240 e. The SMILES string of the molecule is CC(C)(CN(CC(N)=O)CC(N)=O)C(=O)NN. The molecule has 0 aromatic rings. The number of hydrogen-bond donors (Lipinski definition) is 4. The molecule has 0 aliphatic heterocycles. The molecule has 98 valence electrons. The minimum atomic E-state index is -0.861. The molecule has 0 aromatic heterocycles. The van der Waals surface area contributed by atoms with Crippen LogP contribution in [0.2, 0.25) is 0 Å². The average molecular weight is 245 g/mol. The molecule has 0 spiro atoms. The van der Waals surface area contributed by atoms with E-state index in [1.807, 2.05) is 5.43 Å². The fourth-order valence-electron chi connectivity index (χ4n) is 1.43. The Balaban J connectivity index is 4.66. The molecule has 8 heteroatoms. The molecule has 0 aromatic carbocycles. The van der Waals surface area contributed by atoms with Crippen LogP contribution >= 0.6 is 0 Å². The normalized spacial score (nSPS) is 11.3. The average Bonchev–Trinajstić information content (AvgIpc) is 2.13. The number of amides is 3. The lowest BCUT2D eigenvalue weighted by Gasteiger charge is -2.29. The van der Waals surface area contributed by atoms with Gasteiger partial charge in [-0.3, -0.25) is 24.7 Å². The van der Waals surface area contributed by atoms with E-state index in [-0.39, 0.29) is 19.6 Å².